The van der Waals surface area contributed by atoms with Gasteiger partial charge in [-0.2, -0.15) is 5.10 Å². The van der Waals surface area contributed by atoms with Gasteiger partial charge in [0.15, 0.2) is 0 Å². The van der Waals surface area contributed by atoms with Crippen LogP contribution in [0, 0.1) is 17.8 Å². The minimum atomic E-state index is -0.294. The number of hydrogen-bond donors (Lipinski definition) is 1. The maximum absolute atomic E-state index is 13.0. The Morgan fingerprint density at radius 3 is 2.53 bits per heavy atom. The van der Waals surface area contributed by atoms with E-state index < -0.39 is 0 Å². The number of benzene rings is 1. The van der Waals surface area contributed by atoms with E-state index in [-0.39, 0.29) is 17.7 Å². The van der Waals surface area contributed by atoms with Crippen LogP contribution in [0.2, 0.25) is 0 Å². The van der Waals surface area contributed by atoms with Gasteiger partial charge in [-0.1, -0.05) is 12.0 Å². The smallest absolute Gasteiger partial charge is 0.253 e. The minimum absolute atomic E-state index is 0.0779. The number of pyridine rings is 1. The highest BCUT2D eigenvalue weighted by Crippen LogP contribution is 2.21. The molecule has 0 saturated carbocycles. The third kappa shape index (κ3) is 4.23. The molecule has 1 aliphatic heterocycles. The molecule has 0 aliphatic carbocycles. The molecule has 1 fully saturated rings. The molecule has 0 bridgehead atoms. The Balaban J connectivity index is 1.63. The van der Waals surface area contributed by atoms with Crippen molar-refractivity contribution >= 4 is 11.8 Å². The maximum atomic E-state index is 13.0. The Labute approximate surface area is 174 Å². The van der Waals surface area contributed by atoms with Gasteiger partial charge in [-0.05, 0) is 55.2 Å². The molecule has 4 rings (SSSR count). The number of carbonyl (C=O) groups is 2. The second-order valence-corrected chi connectivity index (χ2v) is 7.12. The fourth-order valence-corrected chi connectivity index (χ4v) is 3.50. The molecule has 2 aromatic heterocycles. The molecule has 0 radical (unpaired) electrons. The number of hydrogen-bond acceptors (Lipinski definition) is 4. The highest BCUT2D eigenvalue weighted by molar-refractivity contribution is 5.95. The molecule has 1 saturated heterocycles. The second kappa shape index (κ2) is 8.62. The molecule has 150 valence electrons. The SMILES string of the molecule is NC(=O)C1CCN(C(=O)c2ccc(-n3cccn3)c(C#Cc3ccccn3)c2)CC1. The van der Waals surface area contributed by atoms with Gasteiger partial charge in [0.1, 0.15) is 5.69 Å². The van der Waals surface area contributed by atoms with E-state index in [4.69, 9.17) is 5.73 Å². The first-order chi connectivity index (χ1) is 14.6. The van der Waals surface area contributed by atoms with Crippen molar-refractivity contribution in [2.24, 2.45) is 11.7 Å². The van der Waals surface area contributed by atoms with Gasteiger partial charge >= 0.3 is 0 Å². The summed E-state index contributed by atoms with van der Waals surface area (Å²) in [6.45, 7) is 1.03. The van der Waals surface area contributed by atoms with E-state index in [1.54, 1.807) is 34.1 Å². The number of carbonyl (C=O) groups excluding carboxylic acids is 2. The van der Waals surface area contributed by atoms with Gasteiger partial charge in [0.05, 0.1) is 11.3 Å². The lowest BCUT2D eigenvalue weighted by atomic mass is 9.95. The van der Waals surface area contributed by atoms with Crippen molar-refractivity contribution in [1.29, 1.82) is 0 Å². The van der Waals surface area contributed by atoms with Crippen LogP contribution in [-0.4, -0.2) is 44.6 Å². The molecule has 30 heavy (non-hydrogen) atoms. The lowest BCUT2D eigenvalue weighted by Gasteiger charge is -2.30. The van der Waals surface area contributed by atoms with Crippen LogP contribution in [0.1, 0.15) is 34.5 Å². The molecule has 7 heteroatoms. The summed E-state index contributed by atoms with van der Waals surface area (Å²) in [5.41, 5.74) is 8.06. The van der Waals surface area contributed by atoms with Crippen LogP contribution in [0.25, 0.3) is 5.69 Å². The summed E-state index contributed by atoms with van der Waals surface area (Å²) in [5, 5.41) is 4.29. The van der Waals surface area contributed by atoms with Gasteiger partial charge in [-0.15, -0.1) is 0 Å². The predicted octanol–water partition coefficient (Wildman–Crippen LogP) is 2.00. The largest absolute Gasteiger partial charge is 0.369 e. The van der Waals surface area contributed by atoms with Gasteiger partial charge in [0.2, 0.25) is 5.91 Å². The number of primary amides is 1. The first kappa shape index (κ1) is 19.4. The number of piperidine rings is 1. The second-order valence-electron chi connectivity index (χ2n) is 7.12. The van der Waals surface area contributed by atoms with Crippen molar-refractivity contribution in [1.82, 2.24) is 19.7 Å². The molecule has 1 aliphatic rings. The first-order valence-electron chi connectivity index (χ1n) is 9.77. The Kier molecular flexibility index (Phi) is 5.57. The van der Waals surface area contributed by atoms with Crippen molar-refractivity contribution in [2.45, 2.75) is 12.8 Å². The van der Waals surface area contributed by atoms with Crippen LogP contribution < -0.4 is 5.73 Å². The normalized spacial score (nSPS) is 14.1. The summed E-state index contributed by atoms with van der Waals surface area (Å²) < 4.78 is 1.72. The number of amides is 2. The fourth-order valence-electron chi connectivity index (χ4n) is 3.50. The van der Waals surface area contributed by atoms with E-state index in [9.17, 15) is 9.59 Å². The number of nitrogens with zero attached hydrogens (tertiary/aromatic N) is 4. The summed E-state index contributed by atoms with van der Waals surface area (Å²) in [7, 11) is 0. The van der Waals surface area contributed by atoms with Crippen LogP contribution in [0.4, 0.5) is 0 Å². The zero-order valence-electron chi connectivity index (χ0n) is 16.4. The molecule has 3 aromatic rings. The molecule has 0 unspecified atom stereocenters. The highest BCUT2D eigenvalue weighted by Gasteiger charge is 2.26. The van der Waals surface area contributed by atoms with Crippen LogP contribution in [0.15, 0.2) is 61.1 Å². The van der Waals surface area contributed by atoms with Crippen molar-refractivity contribution in [3.8, 4) is 17.5 Å². The molecule has 2 amide bonds. The average molecular weight is 399 g/mol. The maximum Gasteiger partial charge on any atom is 0.253 e. The lowest BCUT2D eigenvalue weighted by molar-refractivity contribution is -0.123. The number of likely N-dealkylation sites (tertiary alicyclic amines) is 1. The molecular formula is C23H21N5O2. The lowest BCUT2D eigenvalue weighted by Crippen LogP contribution is -2.41. The van der Waals surface area contributed by atoms with Gasteiger partial charge in [0.25, 0.3) is 5.91 Å². The van der Waals surface area contributed by atoms with Crippen molar-refractivity contribution in [2.75, 3.05) is 13.1 Å². The Morgan fingerprint density at radius 1 is 1.03 bits per heavy atom. The van der Waals surface area contributed by atoms with Crippen LogP contribution in [0.3, 0.4) is 0 Å². The van der Waals surface area contributed by atoms with Gasteiger partial charge in [0, 0.05) is 43.2 Å². The van der Waals surface area contributed by atoms with Crippen molar-refractivity contribution in [3.05, 3.63) is 77.9 Å². The van der Waals surface area contributed by atoms with E-state index in [1.165, 1.54) is 0 Å². The Morgan fingerprint density at radius 2 is 1.87 bits per heavy atom. The van der Waals surface area contributed by atoms with Crippen LogP contribution in [0.5, 0.6) is 0 Å². The highest BCUT2D eigenvalue weighted by atomic mass is 16.2. The Bertz CT molecular complexity index is 1110. The summed E-state index contributed by atoms with van der Waals surface area (Å²) in [5.74, 6) is 5.65. The fraction of sp³-hybridized carbons (Fsp3) is 0.217. The molecule has 2 N–H and O–H groups in total. The van der Waals surface area contributed by atoms with Crippen LogP contribution in [-0.2, 0) is 4.79 Å². The zero-order chi connectivity index (χ0) is 20.9. The molecule has 3 heterocycles. The van der Waals surface area contributed by atoms with Crippen molar-refractivity contribution < 1.29 is 9.59 Å². The summed E-state index contributed by atoms with van der Waals surface area (Å²) >= 11 is 0. The molecule has 7 nitrogen and oxygen atoms in total. The van der Waals surface area contributed by atoms with E-state index in [2.05, 4.69) is 21.9 Å². The van der Waals surface area contributed by atoms with Gasteiger partial charge in [-0.3, -0.25) is 9.59 Å². The van der Waals surface area contributed by atoms with E-state index in [0.717, 1.165) is 5.69 Å². The third-order valence-corrected chi connectivity index (χ3v) is 5.17. The topological polar surface area (TPSA) is 94.1 Å². The Hall–Kier alpha value is -3.92. The van der Waals surface area contributed by atoms with Crippen LogP contribution >= 0.6 is 0 Å². The molecular weight excluding hydrogens is 378 g/mol. The van der Waals surface area contributed by atoms with Crippen molar-refractivity contribution in [3.63, 3.8) is 0 Å². The summed E-state index contributed by atoms with van der Waals surface area (Å²) in [4.78, 5) is 30.4. The number of aromatic nitrogens is 3. The van der Waals surface area contributed by atoms with E-state index in [0.29, 0.717) is 42.8 Å². The van der Waals surface area contributed by atoms with E-state index in [1.807, 2.05) is 36.5 Å². The quantitative estimate of drug-likeness (QED) is 0.682. The average Bonchev–Trinajstić information content (AvgIpc) is 3.32. The molecule has 0 atom stereocenters. The zero-order valence-corrected chi connectivity index (χ0v) is 16.4. The molecule has 1 aromatic carbocycles. The standard InChI is InChI=1S/C23H21N5O2/c24-22(29)17-9-14-27(15-10-17)23(30)19-6-8-21(28-13-3-12-26-28)18(16-19)5-7-20-4-1-2-11-25-20/h1-4,6,8,11-13,16-17H,9-10,14-15H2,(H2,24,29). The first-order valence-corrected chi connectivity index (χ1v) is 9.77. The predicted molar refractivity (Wildman–Crippen MR) is 112 cm³/mol. The third-order valence-electron chi connectivity index (χ3n) is 5.17. The van der Waals surface area contributed by atoms with E-state index >= 15 is 0 Å². The minimum Gasteiger partial charge on any atom is -0.369 e. The van der Waals surface area contributed by atoms with Gasteiger partial charge in [-0.25, -0.2) is 9.67 Å². The molecule has 0 spiro atoms. The summed E-state index contributed by atoms with van der Waals surface area (Å²) in [6.07, 6.45) is 6.40. The number of rotatable bonds is 3. The van der Waals surface area contributed by atoms with Gasteiger partial charge < -0.3 is 10.6 Å². The summed E-state index contributed by atoms with van der Waals surface area (Å²) in [6, 6.07) is 12.8. The monoisotopic (exact) mass is 399 g/mol. The number of nitrogens with two attached hydrogens (primary N) is 1.